The van der Waals surface area contributed by atoms with Crippen LogP contribution < -0.4 is 5.56 Å². The SMILES string of the molecule is O=C(O)[C@H](CC1CCCC1)n1cc(C(F)(F)F)ncc1=O. The summed E-state index contributed by atoms with van der Waals surface area (Å²) < 4.78 is 38.6. The minimum absolute atomic E-state index is 0.125. The first-order valence-corrected chi connectivity index (χ1v) is 6.67. The summed E-state index contributed by atoms with van der Waals surface area (Å²) in [5.74, 6) is -1.18. The van der Waals surface area contributed by atoms with Gasteiger partial charge in [-0.1, -0.05) is 25.7 Å². The summed E-state index contributed by atoms with van der Waals surface area (Å²) in [7, 11) is 0. The highest BCUT2D eigenvalue weighted by molar-refractivity contribution is 5.71. The maximum absolute atomic E-state index is 12.6. The molecule has 1 fully saturated rings. The summed E-state index contributed by atoms with van der Waals surface area (Å²) in [6.07, 6.45) is 0.115. The van der Waals surface area contributed by atoms with E-state index in [1.807, 2.05) is 0 Å². The van der Waals surface area contributed by atoms with Crippen molar-refractivity contribution in [2.45, 2.75) is 44.3 Å². The van der Waals surface area contributed by atoms with Crippen LogP contribution >= 0.6 is 0 Å². The molecule has 21 heavy (non-hydrogen) atoms. The maximum atomic E-state index is 12.6. The van der Waals surface area contributed by atoms with Crippen LogP contribution in [-0.4, -0.2) is 20.6 Å². The predicted molar refractivity (Wildman–Crippen MR) is 66.7 cm³/mol. The van der Waals surface area contributed by atoms with Gasteiger partial charge in [-0.05, 0) is 12.3 Å². The van der Waals surface area contributed by atoms with Crippen molar-refractivity contribution in [3.05, 3.63) is 28.4 Å². The fraction of sp³-hybridized carbons (Fsp3) is 0.615. The van der Waals surface area contributed by atoms with E-state index in [1.165, 1.54) is 0 Å². The summed E-state index contributed by atoms with van der Waals surface area (Å²) in [6, 6.07) is -1.29. The number of aromatic nitrogens is 2. The van der Waals surface area contributed by atoms with Gasteiger partial charge in [0.15, 0.2) is 5.69 Å². The molecular weight excluding hydrogens is 289 g/mol. The zero-order valence-corrected chi connectivity index (χ0v) is 11.1. The van der Waals surface area contributed by atoms with Crippen LogP contribution in [-0.2, 0) is 11.0 Å². The Morgan fingerprint density at radius 1 is 1.43 bits per heavy atom. The van der Waals surface area contributed by atoms with E-state index in [0.29, 0.717) is 17.0 Å². The molecule has 1 aromatic rings. The third-order valence-corrected chi connectivity index (χ3v) is 3.77. The van der Waals surface area contributed by atoms with Crippen molar-refractivity contribution in [2.24, 2.45) is 5.92 Å². The second-order valence-electron chi connectivity index (χ2n) is 5.26. The average Bonchev–Trinajstić information content (AvgIpc) is 2.88. The standard InChI is InChI=1S/C13H15F3N2O3/c14-13(15,16)10-7-18(11(19)6-17-10)9(12(20)21)5-8-3-1-2-4-8/h6-9H,1-5H2,(H,20,21)/t9-/m0/s1. The fourth-order valence-electron chi connectivity index (χ4n) is 2.71. The number of nitrogens with zero attached hydrogens (tertiary/aromatic N) is 2. The predicted octanol–water partition coefficient (Wildman–Crippen LogP) is 2.47. The highest BCUT2D eigenvalue weighted by Gasteiger charge is 2.35. The molecule has 0 spiro atoms. The number of aliphatic carboxylic acids is 1. The molecule has 1 saturated carbocycles. The monoisotopic (exact) mass is 304 g/mol. The number of hydrogen-bond donors (Lipinski definition) is 1. The molecule has 0 radical (unpaired) electrons. The minimum Gasteiger partial charge on any atom is -0.480 e. The number of carboxylic acid groups (broad SMARTS) is 1. The first-order valence-electron chi connectivity index (χ1n) is 6.67. The van der Waals surface area contributed by atoms with Gasteiger partial charge in [-0.2, -0.15) is 13.2 Å². The third-order valence-electron chi connectivity index (χ3n) is 3.77. The van der Waals surface area contributed by atoms with Gasteiger partial charge in [0, 0.05) is 6.20 Å². The van der Waals surface area contributed by atoms with E-state index in [1.54, 1.807) is 0 Å². The Bertz CT molecular complexity index is 577. The largest absolute Gasteiger partial charge is 0.480 e. The quantitative estimate of drug-likeness (QED) is 0.927. The number of hydrogen-bond acceptors (Lipinski definition) is 3. The lowest BCUT2D eigenvalue weighted by Crippen LogP contribution is -2.32. The van der Waals surface area contributed by atoms with Crippen LogP contribution in [0.3, 0.4) is 0 Å². The van der Waals surface area contributed by atoms with Gasteiger partial charge >= 0.3 is 12.1 Å². The highest BCUT2D eigenvalue weighted by Crippen LogP contribution is 2.32. The second kappa shape index (κ2) is 5.87. The summed E-state index contributed by atoms with van der Waals surface area (Å²) in [4.78, 5) is 26.1. The lowest BCUT2D eigenvalue weighted by atomic mass is 9.98. The first-order chi connectivity index (χ1) is 9.79. The van der Waals surface area contributed by atoms with Gasteiger partial charge in [-0.25, -0.2) is 9.78 Å². The summed E-state index contributed by atoms with van der Waals surface area (Å²) >= 11 is 0. The number of carboxylic acids is 1. The minimum atomic E-state index is -4.72. The van der Waals surface area contributed by atoms with Gasteiger partial charge in [0.25, 0.3) is 5.56 Å². The van der Waals surface area contributed by atoms with E-state index < -0.39 is 29.4 Å². The van der Waals surface area contributed by atoms with Crippen molar-refractivity contribution < 1.29 is 23.1 Å². The molecule has 1 aliphatic carbocycles. The van der Waals surface area contributed by atoms with Gasteiger partial charge in [0.1, 0.15) is 6.04 Å². The van der Waals surface area contributed by atoms with Crippen molar-refractivity contribution in [2.75, 3.05) is 0 Å². The Balaban J connectivity index is 2.35. The first kappa shape index (κ1) is 15.5. The smallest absolute Gasteiger partial charge is 0.434 e. The van der Waals surface area contributed by atoms with Crippen LogP contribution in [0.2, 0.25) is 0 Å². The normalized spacial score (nSPS) is 17.9. The molecule has 1 atom stereocenters. The topological polar surface area (TPSA) is 72.2 Å². The zero-order valence-electron chi connectivity index (χ0n) is 11.1. The lowest BCUT2D eigenvalue weighted by molar-refractivity contribution is -0.144. The Morgan fingerprint density at radius 2 is 2.05 bits per heavy atom. The summed E-state index contributed by atoms with van der Waals surface area (Å²) in [6.45, 7) is 0. The molecule has 1 aliphatic rings. The van der Waals surface area contributed by atoms with Gasteiger partial charge in [-0.15, -0.1) is 0 Å². The zero-order chi connectivity index (χ0) is 15.6. The van der Waals surface area contributed by atoms with Crippen molar-refractivity contribution in [3.63, 3.8) is 0 Å². The molecule has 1 aromatic heterocycles. The van der Waals surface area contributed by atoms with Crippen LogP contribution in [0.4, 0.5) is 13.2 Å². The lowest BCUT2D eigenvalue weighted by Gasteiger charge is -2.20. The molecule has 0 amide bonds. The molecule has 116 valence electrons. The maximum Gasteiger partial charge on any atom is 0.434 e. The number of alkyl halides is 3. The molecule has 2 rings (SSSR count). The van der Waals surface area contributed by atoms with Crippen LogP contribution in [0, 0.1) is 5.92 Å². The summed E-state index contributed by atoms with van der Waals surface area (Å²) in [5, 5.41) is 9.24. The van der Waals surface area contributed by atoms with E-state index >= 15 is 0 Å². The van der Waals surface area contributed by atoms with Crippen LogP contribution in [0.15, 0.2) is 17.2 Å². The van der Waals surface area contributed by atoms with Crippen molar-refractivity contribution in [3.8, 4) is 0 Å². The van der Waals surface area contributed by atoms with Crippen molar-refractivity contribution in [1.29, 1.82) is 0 Å². The molecule has 0 saturated heterocycles. The van der Waals surface area contributed by atoms with E-state index in [2.05, 4.69) is 4.98 Å². The third kappa shape index (κ3) is 3.62. The Labute approximate surface area is 118 Å². The Hall–Kier alpha value is -1.86. The molecule has 8 heteroatoms. The molecule has 1 N–H and O–H groups in total. The van der Waals surface area contributed by atoms with Crippen molar-refractivity contribution in [1.82, 2.24) is 9.55 Å². The van der Waals surface area contributed by atoms with Crippen LogP contribution in [0.25, 0.3) is 0 Å². The number of rotatable bonds is 4. The van der Waals surface area contributed by atoms with E-state index in [4.69, 9.17) is 0 Å². The van der Waals surface area contributed by atoms with E-state index in [-0.39, 0.29) is 12.3 Å². The number of carbonyl (C=O) groups is 1. The van der Waals surface area contributed by atoms with Crippen LogP contribution in [0.1, 0.15) is 43.8 Å². The Kier molecular flexibility index (Phi) is 4.34. The van der Waals surface area contributed by atoms with Crippen LogP contribution in [0.5, 0.6) is 0 Å². The molecule has 0 unspecified atom stereocenters. The highest BCUT2D eigenvalue weighted by atomic mass is 19.4. The molecular formula is C13H15F3N2O3. The van der Waals surface area contributed by atoms with Gasteiger partial charge in [0.05, 0.1) is 6.20 Å². The van der Waals surface area contributed by atoms with Gasteiger partial charge < -0.3 is 5.11 Å². The molecule has 1 heterocycles. The molecule has 5 nitrogen and oxygen atoms in total. The summed E-state index contributed by atoms with van der Waals surface area (Å²) in [5.41, 5.74) is -2.10. The van der Waals surface area contributed by atoms with E-state index in [9.17, 15) is 27.9 Å². The van der Waals surface area contributed by atoms with Gasteiger partial charge in [-0.3, -0.25) is 9.36 Å². The average molecular weight is 304 g/mol. The number of halogens is 3. The molecule has 0 aromatic carbocycles. The van der Waals surface area contributed by atoms with E-state index in [0.717, 1.165) is 25.7 Å². The fourth-order valence-corrected chi connectivity index (χ4v) is 2.71. The second-order valence-corrected chi connectivity index (χ2v) is 5.26. The molecule has 0 aliphatic heterocycles. The Morgan fingerprint density at radius 3 is 2.57 bits per heavy atom. The molecule has 0 bridgehead atoms. The van der Waals surface area contributed by atoms with Crippen molar-refractivity contribution >= 4 is 5.97 Å². The van der Waals surface area contributed by atoms with Gasteiger partial charge in [0.2, 0.25) is 0 Å².